The minimum absolute atomic E-state index is 0.229. The third-order valence-corrected chi connectivity index (χ3v) is 5.38. The number of ether oxygens (including phenoxy) is 4. The van der Waals surface area contributed by atoms with Crippen molar-refractivity contribution in [1.82, 2.24) is 0 Å². The molecule has 6 heteroatoms. The zero-order valence-corrected chi connectivity index (χ0v) is 18.5. The van der Waals surface area contributed by atoms with Gasteiger partial charge in [0.05, 0.1) is 27.9 Å². The molecule has 0 saturated carbocycles. The van der Waals surface area contributed by atoms with E-state index >= 15 is 0 Å². The summed E-state index contributed by atoms with van der Waals surface area (Å²) in [6.45, 7) is 0.229. The minimum Gasteiger partial charge on any atom is -0.493 e. The molecule has 0 aromatic heterocycles. The molecule has 0 saturated heterocycles. The maximum absolute atomic E-state index is 12.5. The van der Waals surface area contributed by atoms with Crippen LogP contribution in [0, 0.1) is 0 Å². The van der Waals surface area contributed by atoms with Gasteiger partial charge in [-0.1, -0.05) is 66.7 Å². The summed E-state index contributed by atoms with van der Waals surface area (Å²) in [5.74, 6) is 0.488. The lowest BCUT2D eigenvalue weighted by Gasteiger charge is -2.37. The number of aliphatic hydroxyl groups is 1. The largest absolute Gasteiger partial charge is 0.493 e. The number of benzene rings is 3. The SMILES string of the molecule is COC(=O)[C@@H](O)C(OCCc1ccc(OC)c(OC)c1)(c1ccccc1)c1ccccc1. The number of esters is 1. The van der Waals surface area contributed by atoms with E-state index in [0.717, 1.165) is 5.56 Å². The summed E-state index contributed by atoms with van der Waals surface area (Å²) < 4.78 is 22.0. The maximum Gasteiger partial charge on any atom is 0.338 e. The van der Waals surface area contributed by atoms with E-state index in [1.807, 2.05) is 78.9 Å². The van der Waals surface area contributed by atoms with Crippen LogP contribution in [0.5, 0.6) is 11.5 Å². The van der Waals surface area contributed by atoms with Crippen molar-refractivity contribution < 1.29 is 28.8 Å². The van der Waals surface area contributed by atoms with Crippen LogP contribution in [0.4, 0.5) is 0 Å². The van der Waals surface area contributed by atoms with E-state index in [4.69, 9.17) is 18.9 Å². The van der Waals surface area contributed by atoms with Crippen molar-refractivity contribution in [2.24, 2.45) is 0 Å². The number of hydrogen-bond donors (Lipinski definition) is 1. The second-order valence-corrected chi connectivity index (χ2v) is 7.18. The maximum atomic E-state index is 12.5. The quantitative estimate of drug-likeness (QED) is 0.488. The minimum atomic E-state index is -1.57. The van der Waals surface area contributed by atoms with Gasteiger partial charge in [0, 0.05) is 0 Å². The smallest absolute Gasteiger partial charge is 0.338 e. The van der Waals surface area contributed by atoms with Crippen LogP contribution in [0.1, 0.15) is 16.7 Å². The molecular weight excluding hydrogens is 408 g/mol. The average Bonchev–Trinajstić information content (AvgIpc) is 2.86. The first-order valence-electron chi connectivity index (χ1n) is 10.3. The van der Waals surface area contributed by atoms with Crippen LogP contribution in [-0.2, 0) is 26.3 Å². The van der Waals surface area contributed by atoms with E-state index in [1.165, 1.54) is 7.11 Å². The molecule has 3 aromatic rings. The van der Waals surface area contributed by atoms with Gasteiger partial charge in [-0.3, -0.25) is 0 Å². The Morgan fingerprint density at radius 2 is 1.41 bits per heavy atom. The fourth-order valence-electron chi connectivity index (χ4n) is 3.74. The second kappa shape index (κ2) is 10.8. The summed E-state index contributed by atoms with van der Waals surface area (Å²) in [6, 6.07) is 24.1. The number of rotatable bonds is 10. The highest BCUT2D eigenvalue weighted by atomic mass is 16.6. The Morgan fingerprint density at radius 1 is 0.844 bits per heavy atom. The fraction of sp³-hybridized carbons (Fsp3) is 0.269. The summed E-state index contributed by atoms with van der Waals surface area (Å²) in [5.41, 5.74) is 0.824. The molecule has 0 amide bonds. The zero-order valence-electron chi connectivity index (χ0n) is 18.5. The zero-order chi connectivity index (χ0) is 23.0. The molecule has 0 heterocycles. The van der Waals surface area contributed by atoms with Crippen LogP contribution in [0.25, 0.3) is 0 Å². The summed E-state index contributed by atoms with van der Waals surface area (Å²) in [6.07, 6.45) is -1.04. The topological polar surface area (TPSA) is 74.2 Å². The first-order valence-corrected chi connectivity index (χ1v) is 10.3. The van der Waals surface area contributed by atoms with Crippen LogP contribution >= 0.6 is 0 Å². The highest BCUT2D eigenvalue weighted by molar-refractivity contribution is 5.77. The van der Waals surface area contributed by atoms with E-state index in [1.54, 1.807) is 14.2 Å². The van der Waals surface area contributed by atoms with Crippen molar-refractivity contribution in [3.05, 3.63) is 95.6 Å². The monoisotopic (exact) mass is 436 g/mol. The molecular formula is C26H28O6. The van der Waals surface area contributed by atoms with Gasteiger partial charge in [-0.25, -0.2) is 4.79 Å². The Morgan fingerprint density at radius 3 is 1.91 bits per heavy atom. The van der Waals surface area contributed by atoms with Gasteiger partial charge >= 0.3 is 5.97 Å². The molecule has 1 N–H and O–H groups in total. The number of aliphatic hydroxyl groups excluding tert-OH is 1. The number of carbonyl (C=O) groups is 1. The lowest BCUT2D eigenvalue weighted by Crippen LogP contribution is -2.48. The van der Waals surface area contributed by atoms with Crippen molar-refractivity contribution in [3.8, 4) is 11.5 Å². The molecule has 0 bridgehead atoms. The Bertz CT molecular complexity index is 964. The number of hydrogen-bond acceptors (Lipinski definition) is 6. The molecule has 168 valence electrons. The van der Waals surface area contributed by atoms with E-state index in [9.17, 15) is 9.90 Å². The lowest BCUT2D eigenvalue weighted by molar-refractivity contribution is -0.170. The molecule has 32 heavy (non-hydrogen) atoms. The first kappa shape index (κ1) is 23.3. The van der Waals surface area contributed by atoms with Gasteiger partial charge < -0.3 is 24.1 Å². The Balaban J connectivity index is 1.98. The lowest BCUT2D eigenvalue weighted by atomic mass is 9.81. The molecule has 3 rings (SSSR count). The molecule has 1 atom stereocenters. The predicted molar refractivity (Wildman–Crippen MR) is 121 cm³/mol. The Kier molecular flexibility index (Phi) is 7.87. The van der Waals surface area contributed by atoms with Gasteiger partial charge in [-0.2, -0.15) is 0 Å². The third-order valence-electron chi connectivity index (χ3n) is 5.38. The van der Waals surface area contributed by atoms with E-state index < -0.39 is 17.7 Å². The average molecular weight is 437 g/mol. The molecule has 0 aliphatic carbocycles. The van der Waals surface area contributed by atoms with Gasteiger partial charge in [0.15, 0.2) is 23.2 Å². The second-order valence-electron chi connectivity index (χ2n) is 7.18. The number of methoxy groups -OCH3 is 3. The fourth-order valence-corrected chi connectivity index (χ4v) is 3.74. The van der Waals surface area contributed by atoms with Crippen molar-refractivity contribution in [1.29, 1.82) is 0 Å². The standard InChI is InChI=1S/C26H28O6/c1-29-22-15-14-19(18-23(22)30-2)16-17-32-26(24(27)25(28)31-3,20-10-6-4-7-11-20)21-12-8-5-9-13-21/h4-15,18,24,27H,16-17H2,1-3H3/t24-/m1/s1. The van der Waals surface area contributed by atoms with Gasteiger partial charge in [0.2, 0.25) is 0 Å². The number of carbonyl (C=O) groups excluding carboxylic acids is 1. The predicted octanol–water partition coefficient (Wildman–Crippen LogP) is 3.74. The van der Waals surface area contributed by atoms with Crippen LogP contribution in [0.3, 0.4) is 0 Å². The van der Waals surface area contributed by atoms with Crippen molar-refractivity contribution in [2.45, 2.75) is 18.1 Å². The Hall–Kier alpha value is -3.35. The van der Waals surface area contributed by atoms with E-state index in [2.05, 4.69) is 0 Å². The summed E-state index contributed by atoms with van der Waals surface area (Å²) in [4.78, 5) is 12.5. The Labute approximate surface area is 188 Å². The van der Waals surface area contributed by atoms with Crippen molar-refractivity contribution in [2.75, 3.05) is 27.9 Å². The van der Waals surface area contributed by atoms with Crippen LogP contribution in [0.2, 0.25) is 0 Å². The molecule has 0 unspecified atom stereocenters. The highest BCUT2D eigenvalue weighted by Crippen LogP contribution is 2.38. The van der Waals surface area contributed by atoms with Crippen LogP contribution in [0.15, 0.2) is 78.9 Å². The molecule has 0 spiro atoms. The van der Waals surface area contributed by atoms with Crippen LogP contribution < -0.4 is 9.47 Å². The van der Waals surface area contributed by atoms with Crippen molar-refractivity contribution in [3.63, 3.8) is 0 Å². The summed E-state index contributed by atoms with van der Waals surface area (Å²) >= 11 is 0. The van der Waals surface area contributed by atoms with Gasteiger partial charge in [0.25, 0.3) is 0 Å². The van der Waals surface area contributed by atoms with E-state index in [-0.39, 0.29) is 6.61 Å². The van der Waals surface area contributed by atoms with Gasteiger partial charge in [-0.15, -0.1) is 0 Å². The summed E-state index contributed by atoms with van der Waals surface area (Å²) in [5, 5.41) is 11.1. The van der Waals surface area contributed by atoms with Crippen molar-refractivity contribution >= 4 is 5.97 Å². The van der Waals surface area contributed by atoms with Gasteiger partial charge in [-0.05, 0) is 35.2 Å². The molecule has 6 nitrogen and oxygen atoms in total. The third kappa shape index (κ3) is 4.77. The molecule has 0 aliphatic rings. The molecule has 3 aromatic carbocycles. The highest BCUT2D eigenvalue weighted by Gasteiger charge is 2.47. The molecule has 0 radical (unpaired) electrons. The summed E-state index contributed by atoms with van der Waals surface area (Å²) in [7, 11) is 4.42. The van der Waals surface area contributed by atoms with E-state index in [0.29, 0.717) is 29.0 Å². The molecule has 0 fully saturated rings. The van der Waals surface area contributed by atoms with Gasteiger partial charge in [0.1, 0.15) is 0 Å². The normalized spacial score (nSPS) is 12.1. The van der Waals surface area contributed by atoms with Crippen LogP contribution in [-0.4, -0.2) is 45.1 Å². The molecule has 0 aliphatic heterocycles. The first-order chi connectivity index (χ1) is 15.6.